The first-order valence-corrected chi connectivity index (χ1v) is 13.4. The zero-order valence-corrected chi connectivity index (χ0v) is 22.9. The second-order valence-corrected chi connectivity index (χ2v) is 9.90. The summed E-state index contributed by atoms with van der Waals surface area (Å²) >= 11 is 0. The van der Waals surface area contributed by atoms with Crippen LogP contribution in [0.4, 0.5) is 0 Å². The normalized spacial score (nSPS) is 18.6. The Morgan fingerprint density at radius 3 is 2.07 bits per heavy atom. The molecule has 41 heavy (non-hydrogen) atoms. The van der Waals surface area contributed by atoms with E-state index in [-0.39, 0.29) is 19.1 Å². The molecule has 3 aromatic carbocycles. The molecule has 5 rings (SSSR count). The van der Waals surface area contributed by atoms with Crippen molar-refractivity contribution in [1.82, 2.24) is 9.55 Å². The first kappa shape index (κ1) is 28.1. The number of esters is 1. The van der Waals surface area contributed by atoms with Gasteiger partial charge in [-0.25, -0.2) is 4.79 Å². The molecule has 4 aromatic rings. The molecule has 2 heterocycles. The van der Waals surface area contributed by atoms with Crippen molar-refractivity contribution < 1.29 is 23.7 Å². The van der Waals surface area contributed by atoms with E-state index in [1.165, 1.54) is 23.8 Å². The third kappa shape index (κ3) is 6.01. The third-order valence-corrected chi connectivity index (χ3v) is 7.35. The summed E-state index contributed by atoms with van der Waals surface area (Å²) in [6.07, 6.45) is 0.605. The zero-order valence-electron chi connectivity index (χ0n) is 22.9. The van der Waals surface area contributed by atoms with Gasteiger partial charge in [0, 0.05) is 31.5 Å². The molecular weight excluding hydrogens is 524 g/mol. The number of hydrogen-bond acceptors (Lipinski definition) is 7. The molecule has 9 nitrogen and oxygen atoms in total. The minimum Gasteiger partial charge on any atom is -0.497 e. The molecule has 1 N–H and O–H groups in total. The summed E-state index contributed by atoms with van der Waals surface area (Å²) in [5, 5.41) is 0. The Kier molecular flexibility index (Phi) is 8.47. The number of rotatable bonds is 10. The second kappa shape index (κ2) is 12.4. The summed E-state index contributed by atoms with van der Waals surface area (Å²) in [5.41, 5.74) is 0.640. The molecule has 0 bridgehead atoms. The van der Waals surface area contributed by atoms with Gasteiger partial charge in [-0.05, 0) is 28.8 Å². The number of nitrogens with zero attached hydrogens (tertiary/aromatic N) is 1. The molecule has 0 saturated carbocycles. The third-order valence-electron chi connectivity index (χ3n) is 7.35. The molecule has 1 aliphatic heterocycles. The molecule has 0 amide bonds. The van der Waals surface area contributed by atoms with Crippen LogP contribution in [0.25, 0.3) is 0 Å². The van der Waals surface area contributed by atoms with Crippen molar-refractivity contribution in [2.24, 2.45) is 5.92 Å². The molecule has 9 heteroatoms. The summed E-state index contributed by atoms with van der Waals surface area (Å²) in [5.74, 6) is 0.0526. The lowest BCUT2D eigenvalue weighted by Gasteiger charge is -2.37. The van der Waals surface area contributed by atoms with Gasteiger partial charge in [-0.1, -0.05) is 72.8 Å². The maximum Gasteiger partial charge on any atom is 0.330 e. The predicted octanol–water partition coefficient (Wildman–Crippen LogP) is 4.02. The molecule has 0 spiro atoms. The zero-order chi connectivity index (χ0) is 28.8. The lowest BCUT2D eigenvalue weighted by molar-refractivity contribution is -0.144. The van der Waals surface area contributed by atoms with Crippen molar-refractivity contribution in [1.29, 1.82) is 0 Å². The van der Waals surface area contributed by atoms with Gasteiger partial charge in [0.25, 0.3) is 5.56 Å². The maximum atomic E-state index is 12.5. The highest BCUT2D eigenvalue weighted by atomic mass is 16.6. The van der Waals surface area contributed by atoms with Crippen molar-refractivity contribution >= 4 is 5.97 Å². The van der Waals surface area contributed by atoms with Crippen LogP contribution < -0.4 is 16.0 Å². The molecular formula is C32H32N2O7. The monoisotopic (exact) mass is 556 g/mol. The second-order valence-electron chi connectivity index (χ2n) is 9.90. The molecule has 3 atom stereocenters. The van der Waals surface area contributed by atoms with Crippen LogP contribution in [0.15, 0.2) is 107 Å². The van der Waals surface area contributed by atoms with Gasteiger partial charge in [0.1, 0.15) is 17.6 Å². The number of ether oxygens (including phenoxy) is 4. The molecule has 0 aliphatic carbocycles. The Morgan fingerprint density at radius 2 is 1.51 bits per heavy atom. The number of aromatic amines is 1. The van der Waals surface area contributed by atoms with E-state index in [4.69, 9.17) is 18.9 Å². The van der Waals surface area contributed by atoms with Crippen LogP contribution in [0.3, 0.4) is 0 Å². The maximum absolute atomic E-state index is 12.5. The lowest BCUT2D eigenvalue weighted by atomic mass is 9.80. The summed E-state index contributed by atoms with van der Waals surface area (Å²) in [4.78, 5) is 38.1. The lowest BCUT2D eigenvalue weighted by Crippen LogP contribution is -2.38. The largest absolute Gasteiger partial charge is 0.497 e. The molecule has 1 aromatic heterocycles. The van der Waals surface area contributed by atoms with Gasteiger partial charge in [-0.2, -0.15) is 0 Å². The van der Waals surface area contributed by atoms with Crippen LogP contribution in [0.1, 0.15) is 36.3 Å². The first-order chi connectivity index (χ1) is 19.9. The van der Waals surface area contributed by atoms with E-state index in [0.29, 0.717) is 6.42 Å². The average molecular weight is 557 g/mol. The van der Waals surface area contributed by atoms with Crippen LogP contribution in [0, 0.1) is 5.92 Å². The molecule has 1 aliphatic rings. The standard InChI is InChI=1S/C32H32N2O7/c1-22(35)39-20-23-19-30(34-18-17-29(36)33-31(34)37)41-28(23)21-40-32(24-9-5-3-6-10-24,25-11-7-4-8-12-25)26-13-15-27(38-2)16-14-26/h3-18,23,28,30H,19-21H2,1-2H3,(H,33,36,37)/t23-,28+,30+/m0/s1. The number of carbonyl (C=O) groups excluding carboxylic acids is 1. The van der Waals surface area contributed by atoms with E-state index in [1.54, 1.807) is 7.11 Å². The summed E-state index contributed by atoms with van der Waals surface area (Å²) < 4.78 is 25.4. The first-order valence-electron chi connectivity index (χ1n) is 13.4. The minimum atomic E-state index is -1.02. The predicted molar refractivity (Wildman–Crippen MR) is 152 cm³/mol. The molecule has 212 valence electrons. The van der Waals surface area contributed by atoms with E-state index in [2.05, 4.69) is 4.98 Å². The SMILES string of the molecule is COc1ccc(C(OC[C@H]2O[C@@H](n3ccc(=O)[nH]c3=O)C[C@H]2COC(C)=O)(c2ccccc2)c2ccccc2)cc1. The fourth-order valence-electron chi connectivity index (χ4n) is 5.32. The van der Waals surface area contributed by atoms with Gasteiger partial charge in [-0.15, -0.1) is 0 Å². The number of hydrogen-bond donors (Lipinski definition) is 1. The van der Waals surface area contributed by atoms with Gasteiger partial charge in [0.05, 0.1) is 26.4 Å². The van der Waals surface area contributed by atoms with Crippen LogP contribution in [0.5, 0.6) is 5.75 Å². The van der Waals surface area contributed by atoms with Gasteiger partial charge in [-0.3, -0.25) is 19.1 Å². The topological polar surface area (TPSA) is 109 Å². The Balaban J connectivity index is 1.54. The van der Waals surface area contributed by atoms with E-state index >= 15 is 0 Å². The van der Waals surface area contributed by atoms with Crippen LogP contribution in [0.2, 0.25) is 0 Å². The molecule has 1 saturated heterocycles. The van der Waals surface area contributed by atoms with E-state index < -0.39 is 35.2 Å². The Bertz CT molecular complexity index is 1530. The summed E-state index contributed by atoms with van der Waals surface area (Å²) in [7, 11) is 1.62. The summed E-state index contributed by atoms with van der Waals surface area (Å²) in [6.45, 7) is 1.57. The highest BCUT2D eigenvalue weighted by Crippen LogP contribution is 2.42. The van der Waals surface area contributed by atoms with Gasteiger partial charge >= 0.3 is 11.7 Å². The van der Waals surface area contributed by atoms with Crippen molar-refractivity contribution in [2.75, 3.05) is 20.3 Å². The van der Waals surface area contributed by atoms with E-state index in [9.17, 15) is 14.4 Å². The van der Waals surface area contributed by atoms with Crippen molar-refractivity contribution in [3.05, 3.63) is 135 Å². The number of benzene rings is 3. The van der Waals surface area contributed by atoms with Crippen LogP contribution in [-0.4, -0.2) is 41.9 Å². The van der Waals surface area contributed by atoms with Gasteiger partial charge in [0.15, 0.2) is 0 Å². The molecule has 0 radical (unpaired) electrons. The number of nitrogens with one attached hydrogen (secondary N) is 1. The molecule has 0 unspecified atom stereocenters. The van der Waals surface area contributed by atoms with E-state index in [0.717, 1.165) is 22.4 Å². The Morgan fingerprint density at radius 1 is 0.902 bits per heavy atom. The van der Waals surface area contributed by atoms with Crippen LogP contribution >= 0.6 is 0 Å². The smallest absolute Gasteiger partial charge is 0.330 e. The minimum absolute atomic E-state index is 0.101. The van der Waals surface area contributed by atoms with Gasteiger partial charge in [0.2, 0.25) is 0 Å². The Hall–Kier alpha value is -4.47. The van der Waals surface area contributed by atoms with Crippen molar-refractivity contribution in [2.45, 2.75) is 31.3 Å². The van der Waals surface area contributed by atoms with Gasteiger partial charge < -0.3 is 18.9 Å². The highest BCUT2D eigenvalue weighted by molar-refractivity contribution is 5.65. The highest BCUT2D eigenvalue weighted by Gasteiger charge is 2.42. The van der Waals surface area contributed by atoms with Crippen LogP contribution in [-0.2, 0) is 24.6 Å². The Labute approximate surface area is 237 Å². The fourth-order valence-corrected chi connectivity index (χ4v) is 5.32. The molecule has 1 fully saturated rings. The van der Waals surface area contributed by atoms with Crippen molar-refractivity contribution in [3.8, 4) is 5.75 Å². The average Bonchev–Trinajstić information content (AvgIpc) is 3.40. The summed E-state index contributed by atoms with van der Waals surface area (Å²) in [6, 6.07) is 28.9. The fraction of sp³-hybridized carbons (Fsp3) is 0.281. The quantitative estimate of drug-likeness (QED) is 0.232. The van der Waals surface area contributed by atoms with E-state index in [1.807, 2.05) is 84.9 Å². The number of H-pyrrole nitrogens is 1. The number of carbonyl (C=O) groups is 1. The number of aromatic nitrogens is 2. The van der Waals surface area contributed by atoms with Crippen molar-refractivity contribution in [3.63, 3.8) is 0 Å². The number of methoxy groups -OCH3 is 1.